The molecule has 3 rings (SSSR count). The second-order valence-corrected chi connectivity index (χ2v) is 6.25. The van der Waals surface area contributed by atoms with E-state index in [1.54, 1.807) is 12.1 Å². The molecule has 0 aliphatic carbocycles. The van der Waals surface area contributed by atoms with Crippen LogP contribution in [0.15, 0.2) is 36.4 Å². The largest absolute Gasteiger partial charge is 0.377 e. The maximum absolute atomic E-state index is 8.96. The minimum Gasteiger partial charge on any atom is -0.377 e. The summed E-state index contributed by atoms with van der Waals surface area (Å²) < 4.78 is 5.56. The normalized spacial score (nSPS) is 13.6. The maximum Gasteiger partial charge on any atom is 0.126 e. The van der Waals surface area contributed by atoms with Crippen molar-refractivity contribution >= 4 is 22.6 Å². The van der Waals surface area contributed by atoms with Crippen molar-refractivity contribution in [2.45, 2.75) is 26.0 Å². The number of rotatable bonds is 5. The first-order valence-corrected chi connectivity index (χ1v) is 8.48. The highest BCUT2D eigenvalue weighted by Gasteiger charge is 2.19. The number of benzene rings is 2. The number of H-pyrrole nitrogens is 1. The van der Waals surface area contributed by atoms with E-state index in [9.17, 15) is 0 Å². The molecule has 2 aromatic carbocycles. The first-order chi connectivity index (χ1) is 12.0. The summed E-state index contributed by atoms with van der Waals surface area (Å²) in [7, 11) is 0. The smallest absolute Gasteiger partial charge is 0.126 e. The molecule has 1 aromatic heterocycles. The van der Waals surface area contributed by atoms with E-state index in [4.69, 9.17) is 27.3 Å². The summed E-state index contributed by atoms with van der Waals surface area (Å²) in [6, 6.07) is 12.9. The molecule has 1 heterocycles. The van der Waals surface area contributed by atoms with Gasteiger partial charge in [0.05, 0.1) is 34.8 Å². The first-order valence-electron chi connectivity index (χ1n) is 8.10. The van der Waals surface area contributed by atoms with Gasteiger partial charge in [0.15, 0.2) is 0 Å². The van der Waals surface area contributed by atoms with Crippen molar-refractivity contribution in [3.05, 3.63) is 52.8 Å². The summed E-state index contributed by atoms with van der Waals surface area (Å²) >= 11 is 6.31. The highest BCUT2D eigenvalue weighted by molar-refractivity contribution is 6.33. The molecule has 25 heavy (non-hydrogen) atoms. The van der Waals surface area contributed by atoms with Crippen LogP contribution in [0, 0.1) is 11.3 Å². The van der Waals surface area contributed by atoms with Crippen molar-refractivity contribution in [3.63, 3.8) is 0 Å². The Morgan fingerprint density at radius 1 is 1.32 bits per heavy atom. The summed E-state index contributed by atoms with van der Waals surface area (Å²) in [6.45, 7) is 4.48. The lowest BCUT2D eigenvalue weighted by Gasteiger charge is -2.17. The summed E-state index contributed by atoms with van der Waals surface area (Å²) in [6.07, 6.45) is -0.127. The predicted molar refractivity (Wildman–Crippen MR) is 99.3 cm³/mol. The Balaban J connectivity index is 1.97. The van der Waals surface area contributed by atoms with Gasteiger partial charge in [-0.3, -0.25) is 0 Å². The Kier molecular flexibility index (Phi) is 5.05. The van der Waals surface area contributed by atoms with Gasteiger partial charge in [0.2, 0.25) is 0 Å². The van der Waals surface area contributed by atoms with Gasteiger partial charge in [0.1, 0.15) is 5.82 Å². The van der Waals surface area contributed by atoms with Gasteiger partial charge in [-0.25, -0.2) is 4.98 Å². The van der Waals surface area contributed by atoms with Crippen LogP contribution in [0.3, 0.4) is 0 Å². The highest BCUT2D eigenvalue weighted by Crippen LogP contribution is 2.31. The molecule has 0 spiro atoms. The molecule has 128 valence electrons. The van der Waals surface area contributed by atoms with Gasteiger partial charge >= 0.3 is 0 Å². The Morgan fingerprint density at radius 3 is 2.80 bits per heavy atom. The van der Waals surface area contributed by atoms with Crippen LogP contribution in [0.25, 0.3) is 22.2 Å². The number of hydrogen-bond acceptors (Lipinski definition) is 4. The average Bonchev–Trinajstić information content (AvgIpc) is 3.04. The maximum atomic E-state index is 8.96. The number of hydrogen-bond donors (Lipinski definition) is 2. The van der Waals surface area contributed by atoms with E-state index < -0.39 is 0 Å². The molecular weight excluding hydrogens is 336 g/mol. The lowest BCUT2D eigenvalue weighted by molar-refractivity contribution is 0.0557. The van der Waals surface area contributed by atoms with E-state index in [2.05, 4.69) is 16.0 Å². The highest BCUT2D eigenvalue weighted by atomic mass is 35.5. The number of nitrogens with two attached hydrogens (primary N) is 1. The lowest BCUT2D eigenvalue weighted by atomic mass is 10.0. The van der Waals surface area contributed by atoms with Crippen molar-refractivity contribution in [1.29, 1.82) is 5.26 Å². The zero-order chi connectivity index (χ0) is 18.0. The van der Waals surface area contributed by atoms with Gasteiger partial charge < -0.3 is 15.5 Å². The van der Waals surface area contributed by atoms with Crippen LogP contribution in [-0.2, 0) is 4.74 Å². The van der Waals surface area contributed by atoms with Crippen molar-refractivity contribution in [2.24, 2.45) is 5.73 Å². The van der Waals surface area contributed by atoms with Crippen LogP contribution in [0.1, 0.15) is 31.3 Å². The quantitative estimate of drug-likeness (QED) is 0.719. The molecule has 0 aliphatic rings. The Bertz CT molecular complexity index is 944. The number of nitrogens with zero attached hydrogens (tertiary/aromatic N) is 2. The third-order valence-electron chi connectivity index (χ3n) is 4.16. The molecule has 3 aromatic rings. The third kappa shape index (κ3) is 3.52. The molecule has 0 unspecified atom stereocenters. The number of aromatic nitrogens is 2. The van der Waals surface area contributed by atoms with Crippen LogP contribution in [0.4, 0.5) is 0 Å². The van der Waals surface area contributed by atoms with Gasteiger partial charge in [0, 0.05) is 17.2 Å². The van der Waals surface area contributed by atoms with E-state index in [0.717, 1.165) is 22.2 Å². The Hall–Kier alpha value is -2.39. The monoisotopic (exact) mass is 354 g/mol. The number of ether oxygens (including phenoxy) is 1. The first kappa shape index (κ1) is 17.4. The number of aromatic amines is 1. The van der Waals surface area contributed by atoms with Crippen LogP contribution in [0.5, 0.6) is 0 Å². The van der Waals surface area contributed by atoms with Crippen molar-refractivity contribution in [3.8, 4) is 17.2 Å². The average molecular weight is 355 g/mol. The Morgan fingerprint density at radius 2 is 2.12 bits per heavy atom. The predicted octanol–water partition coefficient (Wildman–Crippen LogP) is 4.18. The van der Waals surface area contributed by atoms with Gasteiger partial charge in [0.25, 0.3) is 0 Å². The molecule has 3 N–H and O–H groups in total. The van der Waals surface area contributed by atoms with E-state index in [0.29, 0.717) is 23.0 Å². The van der Waals surface area contributed by atoms with Crippen LogP contribution >= 0.6 is 11.6 Å². The number of fused-ring (bicyclic) bond motifs is 1. The van der Waals surface area contributed by atoms with E-state index in [1.807, 2.05) is 38.1 Å². The summed E-state index contributed by atoms with van der Waals surface area (Å²) in [5, 5.41) is 9.50. The SMILES string of the molecule is CCO[C@H](C)[C@H](N)c1nc2ccc(-c3ccc(C#N)cc3Cl)cc2[nH]1. The zero-order valence-corrected chi connectivity index (χ0v) is 14.8. The zero-order valence-electron chi connectivity index (χ0n) is 14.1. The van der Waals surface area contributed by atoms with Crippen LogP contribution < -0.4 is 5.73 Å². The summed E-state index contributed by atoms with van der Waals surface area (Å²) in [5.41, 5.74) is 10.3. The molecular formula is C19H19ClN4O. The number of nitrogens with one attached hydrogen (secondary N) is 1. The van der Waals surface area contributed by atoms with E-state index in [-0.39, 0.29) is 12.1 Å². The third-order valence-corrected chi connectivity index (χ3v) is 4.47. The topological polar surface area (TPSA) is 87.7 Å². The van der Waals surface area contributed by atoms with Crippen LogP contribution in [0.2, 0.25) is 5.02 Å². The molecule has 5 nitrogen and oxygen atoms in total. The van der Waals surface area contributed by atoms with Crippen molar-refractivity contribution in [1.82, 2.24) is 9.97 Å². The van der Waals surface area contributed by atoms with E-state index in [1.165, 1.54) is 0 Å². The number of nitriles is 1. The molecule has 0 radical (unpaired) electrons. The van der Waals surface area contributed by atoms with Gasteiger partial charge in [-0.2, -0.15) is 5.26 Å². The number of imidazole rings is 1. The van der Waals surface area contributed by atoms with Gasteiger partial charge in [-0.05, 0) is 43.7 Å². The number of halogens is 1. The second-order valence-electron chi connectivity index (χ2n) is 5.85. The molecule has 6 heteroatoms. The van der Waals surface area contributed by atoms with Gasteiger partial charge in [-0.1, -0.05) is 23.7 Å². The fraction of sp³-hybridized carbons (Fsp3) is 0.263. The van der Waals surface area contributed by atoms with Gasteiger partial charge in [-0.15, -0.1) is 0 Å². The van der Waals surface area contributed by atoms with Crippen molar-refractivity contribution < 1.29 is 4.74 Å². The Labute approximate surface area is 151 Å². The second kappa shape index (κ2) is 7.24. The standard InChI is InChI=1S/C19H19ClN4O/c1-3-25-11(2)18(22)19-23-16-7-5-13(9-17(16)24-19)14-6-4-12(10-21)8-15(14)20/h4-9,11,18H,3,22H2,1-2H3,(H,23,24)/t11-,18+/m1/s1. The molecule has 0 amide bonds. The van der Waals surface area contributed by atoms with Crippen molar-refractivity contribution in [2.75, 3.05) is 6.61 Å². The summed E-state index contributed by atoms with van der Waals surface area (Å²) in [4.78, 5) is 7.84. The molecule has 2 atom stereocenters. The lowest BCUT2D eigenvalue weighted by Crippen LogP contribution is -2.27. The minimum absolute atomic E-state index is 0.127. The van der Waals surface area contributed by atoms with E-state index >= 15 is 0 Å². The molecule has 0 bridgehead atoms. The minimum atomic E-state index is -0.325. The molecule has 0 saturated heterocycles. The summed E-state index contributed by atoms with van der Waals surface area (Å²) in [5.74, 6) is 0.694. The fourth-order valence-corrected chi connectivity index (χ4v) is 3.05. The van der Waals surface area contributed by atoms with Crippen LogP contribution in [-0.4, -0.2) is 22.7 Å². The molecule has 0 saturated carbocycles. The molecule has 0 aliphatic heterocycles. The fourth-order valence-electron chi connectivity index (χ4n) is 2.76. The molecule has 0 fully saturated rings.